The molecule has 106 valence electrons. The zero-order valence-electron chi connectivity index (χ0n) is 10.8. The lowest BCUT2D eigenvalue weighted by Crippen LogP contribution is -2.21. The quantitative estimate of drug-likeness (QED) is 0.817. The van der Waals surface area contributed by atoms with Crippen LogP contribution in [0.4, 0.5) is 0 Å². The van der Waals surface area contributed by atoms with Gasteiger partial charge in [-0.1, -0.05) is 23.2 Å². The molecule has 3 nitrogen and oxygen atoms in total. The number of imidazole rings is 1. The van der Waals surface area contributed by atoms with Gasteiger partial charge in [-0.05, 0) is 54.7 Å². The number of fused-ring (bicyclic) bond motifs is 1. The van der Waals surface area contributed by atoms with E-state index >= 15 is 0 Å². The number of H-pyrrole nitrogens is 1. The second-order valence-electron chi connectivity index (χ2n) is 5.09. The van der Waals surface area contributed by atoms with Crippen LogP contribution in [0.5, 0.6) is 0 Å². The Bertz CT molecular complexity index is 705. The van der Waals surface area contributed by atoms with Gasteiger partial charge in [0.1, 0.15) is 0 Å². The molecule has 6 heteroatoms. The van der Waals surface area contributed by atoms with Gasteiger partial charge < -0.3 is 15.3 Å². The number of hydrogen-bond donors (Lipinski definition) is 2. The molecule has 0 amide bonds. The van der Waals surface area contributed by atoms with Crippen LogP contribution >= 0.6 is 35.4 Å². The fraction of sp³-hybridized carbons (Fsp3) is 0.357. The molecule has 0 bridgehead atoms. The highest BCUT2D eigenvalue weighted by Crippen LogP contribution is 2.34. The van der Waals surface area contributed by atoms with E-state index in [1.165, 1.54) is 11.1 Å². The van der Waals surface area contributed by atoms with Crippen LogP contribution in [-0.4, -0.2) is 9.55 Å². The maximum atomic E-state index is 6.12. The second-order valence-corrected chi connectivity index (χ2v) is 6.29. The van der Waals surface area contributed by atoms with E-state index in [2.05, 4.69) is 9.55 Å². The van der Waals surface area contributed by atoms with E-state index in [4.69, 9.17) is 41.2 Å². The molecule has 0 unspecified atom stereocenters. The van der Waals surface area contributed by atoms with Crippen molar-refractivity contribution in [3.05, 3.63) is 50.0 Å². The van der Waals surface area contributed by atoms with Gasteiger partial charge in [0, 0.05) is 18.8 Å². The highest BCUT2D eigenvalue weighted by molar-refractivity contribution is 7.71. The second kappa shape index (κ2) is 5.53. The van der Waals surface area contributed by atoms with Crippen molar-refractivity contribution < 1.29 is 0 Å². The first kappa shape index (κ1) is 14.1. The van der Waals surface area contributed by atoms with Gasteiger partial charge >= 0.3 is 0 Å². The van der Waals surface area contributed by atoms with Crippen LogP contribution in [0.2, 0.25) is 10.0 Å². The van der Waals surface area contributed by atoms with Crippen molar-refractivity contribution in [1.29, 1.82) is 0 Å². The van der Waals surface area contributed by atoms with Crippen molar-refractivity contribution in [2.24, 2.45) is 5.73 Å². The summed E-state index contributed by atoms with van der Waals surface area (Å²) in [6.45, 7) is 0.484. The summed E-state index contributed by atoms with van der Waals surface area (Å²) in [5, 5.41) is 1.24. The lowest BCUT2D eigenvalue weighted by Gasteiger charge is -2.27. The number of hydrogen-bond acceptors (Lipinski definition) is 2. The summed E-state index contributed by atoms with van der Waals surface area (Å²) < 4.78 is 2.87. The van der Waals surface area contributed by atoms with E-state index < -0.39 is 0 Å². The first-order valence-corrected chi connectivity index (χ1v) is 7.72. The van der Waals surface area contributed by atoms with Gasteiger partial charge in [-0.2, -0.15) is 0 Å². The third kappa shape index (κ3) is 2.42. The van der Waals surface area contributed by atoms with Crippen LogP contribution in [0, 0.1) is 4.77 Å². The number of nitrogens with one attached hydrogen (secondary N) is 1. The van der Waals surface area contributed by atoms with E-state index in [-0.39, 0.29) is 0 Å². The summed E-state index contributed by atoms with van der Waals surface area (Å²) >= 11 is 17.6. The molecule has 0 saturated heterocycles. The smallest absolute Gasteiger partial charge is 0.177 e. The highest BCUT2D eigenvalue weighted by Gasteiger charge is 2.23. The summed E-state index contributed by atoms with van der Waals surface area (Å²) in [5.41, 5.74) is 9.36. The van der Waals surface area contributed by atoms with E-state index in [1.54, 1.807) is 0 Å². The predicted molar refractivity (Wildman–Crippen MR) is 85.0 cm³/mol. The Morgan fingerprint density at radius 2 is 2.00 bits per heavy atom. The van der Waals surface area contributed by atoms with Gasteiger partial charge in [0.05, 0.1) is 15.7 Å². The lowest BCUT2D eigenvalue weighted by atomic mass is 9.88. The largest absolute Gasteiger partial charge is 0.337 e. The molecular weight excluding hydrogens is 313 g/mol. The first-order chi connectivity index (χ1) is 9.60. The predicted octanol–water partition coefficient (Wildman–Crippen LogP) is 4.04. The minimum absolute atomic E-state index is 0.331. The van der Waals surface area contributed by atoms with Gasteiger partial charge in [0.25, 0.3) is 0 Å². The monoisotopic (exact) mass is 327 g/mol. The fourth-order valence-electron chi connectivity index (χ4n) is 2.92. The topological polar surface area (TPSA) is 46.7 Å². The number of nitrogens with zero attached hydrogens (tertiary/aromatic N) is 1. The van der Waals surface area contributed by atoms with Crippen LogP contribution < -0.4 is 5.73 Å². The minimum atomic E-state index is 0.331. The van der Waals surface area contributed by atoms with Crippen LogP contribution in [0.15, 0.2) is 18.3 Å². The molecule has 1 aromatic carbocycles. The van der Waals surface area contributed by atoms with Gasteiger partial charge in [-0.25, -0.2) is 0 Å². The Labute approximate surface area is 132 Å². The summed E-state index contributed by atoms with van der Waals surface area (Å²) in [4.78, 5) is 3.08. The summed E-state index contributed by atoms with van der Waals surface area (Å²) in [7, 11) is 0. The first-order valence-electron chi connectivity index (χ1n) is 6.55. The minimum Gasteiger partial charge on any atom is -0.337 e. The Hall–Kier alpha value is -0.810. The van der Waals surface area contributed by atoms with Gasteiger partial charge in [-0.15, -0.1) is 0 Å². The number of rotatable bonds is 2. The normalized spacial score (nSPS) is 18.1. The Balaban J connectivity index is 1.98. The number of benzene rings is 1. The van der Waals surface area contributed by atoms with Crippen molar-refractivity contribution in [3.63, 3.8) is 0 Å². The number of halogens is 2. The van der Waals surface area contributed by atoms with Crippen LogP contribution in [0.1, 0.15) is 29.3 Å². The molecule has 0 radical (unpaired) electrons. The Kier molecular flexibility index (Phi) is 3.91. The summed E-state index contributed by atoms with van der Waals surface area (Å²) in [5.74, 6) is 0. The van der Waals surface area contributed by atoms with Crippen molar-refractivity contribution >= 4 is 35.4 Å². The molecule has 0 saturated carbocycles. The molecule has 0 aliphatic heterocycles. The van der Waals surface area contributed by atoms with Gasteiger partial charge in [-0.3, -0.25) is 0 Å². The third-order valence-electron chi connectivity index (χ3n) is 3.91. The number of aromatic amines is 1. The molecule has 1 aliphatic rings. The van der Waals surface area contributed by atoms with E-state index in [0.29, 0.717) is 22.6 Å². The zero-order chi connectivity index (χ0) is 14.3. The van der Waals surface area contributed by atoms with Crippen molar-refractivity contribution in [2.75, 3.05) is 0 Å². The average molecular weight is 328 g/mol. The molecule has 3 rings (SSSR count). The SMILES string of the molecule is NCc1c[nH]c(=S)n1[C@H]1CCc2cc(Cl)c(Cl)cc2C1. The van der Waals surface area contributed by atoms with Crippen molar-refractivity contribution in [3.8, 4) is 0 Å². The molecule has 1 aliphatic carbocycles. The van der Waals surface area contributed by atoms with Gasteiger partial charge in [0.2, 0.25) is 0 Å². The summed E-state index contributed by atoms with van der Waals surface area (Å²) in [6.07, 6.45) is 4.82. The van der Waals surface area contributed by atoms with Crippen molar-refractivity contribution in [2.45, 2.75) is 31.8 Å². The van der Waals surface area contributed by atoms with Gasteiger partial charge in [0.15, 0.2) is 4.77 Å². The van der Waals surface area contributed by atoms with Crippen LogP contribution in [0.3, 0.4) is 0 Å². The molecule has 1 heterocycles. The Morgan fingerprint density at radius 1 is 1.30 bits per heavy atom. The maximum absolute atomic E-state index is 6.12. The highest BCUT2D eigenvalue weighted by atomic mass is 35.5. The summed E-state index contributed by atoms with van der Waals surface area (Å²) in [6, 6.07) is 4.29. The Morgan fingerprint density at radius 3 is 2.70 bits per heavy atom. The van der Waals surface area contributed by atoms with E-state index in [9.17, 15) is 0 Å². The number of nitrogens with two attached hydrogens (primary N) is 1. The van der Waals surface area contributed by atoms with E-state index in [0.717, 1.165) is 29.7 Å². The molecule has 1 aromatic heterocycles. The lowest BCUT2D eigenvalue weighted by molar-refractivity contribution is 0.427. The standard InChI is InChI=1S/C14H15Cl2N3S/c15-12-4-8-1-2-10(3-9(8)5-13(12)16)19-11(6-17)7-18-14(19)20/h4-5,7,10H,1-3,6,17H2,(H,18,20)/t10-/m0/s1. The van der Waals surface area contributed by atoms with Crippen LogP contribution in [0.25, 0.3) is 0 Å². The third-order valence-corrected chi connectivity index (χ3v) is 4.95. The van der Waals surface area contributed by atoms with Crippen LogP contribution in [-0.2, 0) is 19.4 Å². The molecule has 1 atom stereocenters. The fourth-order valence-corrected chi connectivity index (χ4v) is 3.62. The number of aromatic nitrogens is 2. The zero-order valence-corrected chi connectivity index (χ0v) is 13.2. The molecule has 20 heavy (non-hydrogen) atoms. The molecule has 0 spiro atoms. The maximum Gasteiger partial charge on any atom is 0.177 e. The van der Waals surface area contributed by atoms with E-state index in [1.807, 2.05) is 18.3 Å². The van der Waals surface area contributed by atoms with Crippen molar-refractivity contribution in [1.82, 2.24) is 9.55 Å². The molecule has 3 N–H and O–H groups in total. The molecule has 2 aromatic rings. The number of aryl methyl sites for hydroxylation is 1. The average Bonchev–Trinajstić information content (AvgIpc) is 2.81. The molecular formula is C14H15Cl2N3S. The molecule has 0 fully saturated rings.